The van der Waals surface area contributed by atoms with Crippen molar-refractivity contribution in [3.63, 3.8) is 0 Å². The van der Waals surface area contributed by atoms with Crippen molar-refractivity contribution in [1.82, 2.24) is 9.97 Å². The number of rotatable bonds is 4. The second-order valence-corrected chi connectivity index (χ2v) is 5.53. The summed E-state index contributed by atoms with van der Waals surface area (Å²) in [5, 5.41) is 3.88. The van der Waals surface area contributed by atoms with Crippen LogP contribution in [0.3, 0.4) is 0 Å². The van der Waals surface area contributed by atoms with Crippen molar-refractivity contribution in [2.24, 2.45) is 0 Å². The summed E-state index contributed by atoms with van der Waals surface area (Å²) in [4.78, 5) is 10.3. The van der Waals surface area contributed by atoms with Crippen LogP contribution >= 0.6 is 11.3 Å². The Bertz CT molecular complexity index is 577. The van der Waals surface area contributed by atoms with Crippen molar-refractivity contribution in [3.8, 4) is 0 Å². The van der Waals surface area contributed by atoms with Crippen LogP contribution in [0.2, 0.25) is 0 Å². The first-order valence-electron chi connectivity index (χ1n) is 5.90. The van der Waals surface area contributed by atoms with Crippen molar-refractivity contribution >= 4 is 27.4 Å². The number of halogens is 3. The number of aryl methyl sites for hydroxylation is 2. The Labute approximate surface area is 112 Å². The van der Waals surface area contributed by atoms with Gasteiger partial charge in [-0.3, -0.25) is 0 Å². The summed E-state index contributed by atoms with van der Waals surface area (Å²) in [6.45, 7) is 4.22. The molecule has 0 aliphatic rings. The average molecular weight is 289 g/mol. The van der Waals surface area contributed by atoms with Gasteiger partial charge in [0.1, 0.15) is 17.0 Å². The highest BCUT2D eigenvalue weighted by atomic mass is 32.1. The van der Waals surface area contributed by atoms with Crippen LogP contribution in [0.5, 0.6) is 0 Å². The second kappa shape index (κ2) is 5.32. The maximum absolute atomic E-state index is 12.1. The van der Waals surface area contributed by atoms with E-state index in [0.29, 0.717) is 5.82 Å². The molecule has 0 aliphatic heterocycles. The number of aromatic nitrogens is 2. The van der Waals surface area contributed by atoms with E-state index in [-0.39, 0.29) is 13.0 Å². The van der Waals surface area contributed by atoms with Gasteiger partial charge in [-0.2, -0.15) is 13.2 Å². The van der Waals surface area contributed by atoms with Crippen LogP contribution in [0.4, 0.5) is 19.0 Å². The quantitative estimate of drug-likeness (QED) is 0.862. The molecule has 2 heterocycles. The minimum atomic E-state index is -4.10. The molecule has 0 radical (unpaired) electrons. The Balaban J connectivity index is 2.09. The van der Waals surface area contributed by atoms with Crippen LogP contribution in [-0.4, -0.2) is 22.7 Å². The van der Waals surface area contributed by atoms with E-state index < -0.39 is 12.6 Å². The molecule has 2 aromatic heterocycles. The highest BCUT2D eigenvalue weighted by Gasteiger charge is 2.25. The van der Waals surface area contributed by atoms with Gasteiger partial charge in [0, 0.05) is 17.8 Å². The zero-order valence-corrected chi connectivity index (χ0v) is 11.5. The maximum Gasteiger partial charge on any atom is 0.389 e. The standard InChI is InChI=1S/C12H14F3N3S/c1-7-8(2)19-11-9(7)10(17-6-18-11)16-5-3-4-12(13,14)15/h6H,3-5H2,1-2H3,(H,16,17,18). The third-order valence-corrected chi connectivity index (χ3v) is 4.01. The smallest absolute Gasteiger partial charge is 0.369 e. The second-order valence-electron chi connectivity index (χ2n) is 4.33. The lowest BCUT2D eigenvalue weighted by atomic mass is 10.2. The van der Waals surface area contributed by atoms with E-state index in [1.54, 1.807) is 11.3 Å². The first-order valence-corrected chi connectivity index (χ1v) is 6.71. The van der Waals surface area contributed by atoms with Crippen LogP contribution in [-0.2, 0) is 0 Å². The van der Waals surface area contributed by atoms with E-state index in [1.165, 1.54) is 6.33 Å². The van der Waals surface area contributed by atoms with Gasteiger partial charge >= 0.3 is 6.18 Å². The molecule has 2 aromatic rings. The van der Waals surface area contributed by atoms with E-state index in [0.717, 1.165) is 20.7 Å². The third kappa shape index (κ3) is 3.34. The van der Waals surface area contributed by atoms with Crippen molar-refractivity contribution in [3.05, 3.63) is 16.8 Å². The van der Waals surface area contributed by atoms with Crippen LogP contribution in [0, 0.1) is 13.8 Å². The Morgan fingerprint density at radius 3 is 2.68 bits per heavy atom. The zero-order chi connectivity index (χ0) is 14.0. The summed E-state index contributed by atoms with van der Waals surface area (Å²) >= 11 is 1.57. The van der Waals surface area contributed by atoms with E-state index >= 15 is 0 Å². The fraction of sp³-hybridized carbons (Fsp3) is 0.500. The van der Waals surface area contributed by atoms with Gasteiger partial charge in [-0.1, -0.05) is 0 Å². The monoisotopic (exact) mass is 289 g/mol. The number of nitrogens with one attached hydrogen (secondary N) is 1. The summed E-state index contributed by atoms with van der Waals surface area (Å²) in [6, 6.07) is 0. The topological polar surface area (TPSA) is 37.8 Å². The lowest BCUT2D eigenvalue weighted by molar-refractivity contribution is -0.134. The van der Waals surface area contributed by atoms with E-state index in [9.17, 15) is 13.2 Å². The molecule has 0 saturated heterocycles. The molecule has 0 saturated carbocycles. The van der Waals surface area contributed by atoms with Gasteiger partial charge in [-0.05, 0) is 25.8 Å². The molecule has 3 nitrogen and oxygen atoms in total. The first kappa shape index (κ1) is 14.0. The van der Waals surface area contributed by atoms with Gasteiger partial charge in [-0.15, -0.1) is 11.3 Å². The molecular weight excluding hydrogens is 275 g/mol. The maximum atomic E-state index is 12.1. The number of thiophene rings is 1. The number of nitrogens with zero attached hydrogens (tertiary/aromatic N) is 2. The lowest BCUT2D eigenvalue weighted by Gasteiger charge is -2.08. The van der Waals surface area contributed by atoms with Crippen LogP contribution in [0.25, 0.3) is 10.2 Å². The molecule has 0 atom stereocenters. The molecule has 0 amide bonds. The first-order chi connectivity index (χ1) is 8.88. The van der Waals surface area contributed by atoms with Gasteiger partial charge < -0.3 is 5.32 Å². The minimum Gasteiger partial charge on any atom is -0.369 e. The van der Waals surface area contributed by atoms with Crippen molar-refractivity contribution in [1.29, 1.82) is 0 Å². The van der Waals surface area contributed by atoms with Crippen LogP contribution < -0.4 is 5.32 Å². The summed E-state index contributed by atoms with van der Waals surface area (Å²) < 4.78 is 36.2. The van der Waals surface area contributed by atoms with Crippen LogP contribution in [0.1, 0.15) is 23.3 Å². The zero-order valence-electron chi connectivity index (χ0n) is 10.6. The van der Waals surface area contributed by atoms with Gasteiger partial charge in [-0.25, -0.2) is 9.97 Å². The van der Waals surface area contributed by atoms with E-state index in [1.807, 2.05) is 13.8 Å². The summed E-state index contributed by atoms with van der Waals surface area (Å²) in [5.41, 5.74) is 1.08. The molecule has 19 heavy (non-hydrogen) atoms. The SMILES string of the molecule is Cc1sc2ncnc(NCCCC(F)(F)F)c2c1C. The fourth-order valence-corrected chi connectivity index (χ4v) is 2.81. The molecule has 104 valence electrons. The molecular formula is C12H14F3N3S. The van der Waals surface area contributed by atoms with Gasteiger partial charge in [0.25, 0.3) is 0 Å². The minimum absolute atomic E-state index is 0.0389. The molecule has 0 aliphatic carbocycles. The van der Waals surface area contributed by atoms with E-state index in [4.69, 9.17) is 0 Å². The van der Waals surface area contributed by atoms with Gasteiger partial charge in [0.2, 0.25) is 0 Å². The molecule has 0 spiro atoms. The fourth-order valence-electron chi connectivity index (χ4n) is 1.81. The Hall–Kier alpha value is -1.37. The van der Waals surface area contributed by atoms with Crippen molar-refractivity contribution in [2.45, 2.75) is 32.9 Å². The summed E-state index contributed by atoms with van der Waals surface area (Å²) in [7, 11) is 0. The molecule has 7 heteroatoms. The summed E-state index contributed by atoms with van der Waals surface area (Å²) in [5.74, 6) is 0.619. The predicted octanol–water partition coefficient (Wildman–Crippen LogP) is 4.06. The van der Waals surface area contributed by atoms with E-state index in [2.05, 4.69) is 15.3 Å². The van der Waals surface area contributed by atoms with Gasteiger partial charge in [0.15, 0.2) is 0 Å². The lowest BCUT2D eigenvalue weighted by Crippen LogP contribution is -2.11. The predicted molar refractivity (Wildman–Crippen MR) is 70.7 cm³/mol. The number of fused-ring (bicyclic) bond motifs is 1. The molecule has 0 aromatic carbocycles. The number of hydrogen-bond acceptors (Lipinski definition) is 4. The Kier molecular flexibility index (Phi) is 3.93. The normalized spacial score (nSPS) is 12.1. The highest BCUT2D eigenvalue weighted by Crippen LogP contribution is 2.32. The highest BCUT2D eigenvalue weighted by molar-refractivity contribution is 7.18. The number of alkyl halides is 3. The Morgan fingerprint density at radius 2 is 2.00 bits per heavy atom. The summed E-state index contributed by atoms with van der Waals surface area (Å²) in [6.07, 6.45) is -3.41. The number of anilines is 1. The third-order valence-electron chi connectivity index (χ3n) is 2.89. The Morgan fingerprint density at radius 1 is 1.26 bits per heavy atom. The molecule has 0 bridgehead atoms. The van der Waals surface area contributed by atoms with Crippen molar-refractivity contribution in [2.75, 3.05) is 11.9 Å². The largest absolute Gasteiger partial charge is 0.389 e. The van der Waals surface area contributed by atoms with Crippen molar-refractivity contribution < 1.29 is 13.2 Å². The molecule has 2 rings (SSSR count). The average Bonchev–Trinajstić information content (AvgIpc) is 2.60. The van der Waals surface area contributed by atoms with Gasteiger partial charge in [0.05, 0.1) is 5.39 Å². The number of hydrogen-bond donors (Lipinski definition) is 1. The van der Waals surface area contributed by atoms with Crippen LogP contribution in [0.15, 0.2) is 6.33 Å². The molecule has 1 N–H and O–H groups in total. The molecule has 0 fully saturated rings. The molecule has 0 unspecified atom stereocenters.